The van der Waals surface area contributed by atoms with Crippen LogP contribution < -0.4 is 10.1 Å². The smallest absolute Gasteiger partial charge is 0.264 e. The number of nitrogens with one attached hydrogen (secondary N) is 1. The highest BCUT2D eigenvalue weighted by Gasteiger charge is 2.10. The Hall–Kier alpha value is -1.59. The van der Waals surface area contributed by atoms with Crippen LogP contribution in [0.25, 0.3) is 0 Å². The molecule has 0 fully saturated rings. The third-order valence-corrected chi connectivity index (χ3v) is 3.37. The van der Waals surface area contributed by atoms with Crippen molar-refractivity contribution in [3.63, 3.8) is 0 Å². The molecule has 1 unspecified atom stereocenters. The van der Waals surface area contributed by atoms with Gasteiger partial charge in [-0.1, -0.05) is 29.7 Å². The van der Waals surface area contributed by atoms with Crippen LogP contribution in [0.1, 0.15) is 43.6 Å². The van der Waals surface area contributed by atoms with Crippen LogP contribution in [-0.4, -0.2) is 16.7 Å². The van der Waals surface area contributed by atoms with Crippen molar-refractivity contribution in [1.82, 2.24) is 15.5 Å². The second-order valence-corrected chi connectivity index (χ2v) is 5.30. The molecular weight excluding hydrogens is 290 g/mol. The van der Waals surface area contributed by atoms with Gasteiger partial charge in [-0.2, -0.15) is 4.98 Å². The summed E-state index contributed by atoms with van der Waals surface area (Å²) in [5.41, 5.74) is 1.13. The minimum Gasteiger partial charge on any atom is -0.482 e. The Labute approximate surface area is 129 Å². The van der Waals surface area contributed by atoms with Crippen molar-refractivity contribution < 1.29 is 9.26 Å². The topological polar surface area (TPSA) is 60.2 Å². The van der Waals surface area contributed by atoms with E-state index in [1.54, 1.807) is 6.92 Å². The number of hydrogen-bond acceptors (Lipinski definition) is 5. The fourth-order valence-electron chi connectivity index (χ4n) is 1.92. The zero-order chi connectivity index (χ0) is 15.2. The van der Waals surface area contributed by atoms with Crippen molar-refractivity contribution >= 4 is 11.6 Å². The number of hydrogen-bond donors (Lipinski definition) is 1. The van der Waals surface area contributed by atoms with E-state index in [0.717, 1.165) is 18.5 Å². The minimum atomic E-state index is 0.212. The normalized spacial score (nSPS) is 12.4. The summed E-state index contributed by atoms with van der Waals surface area (Å²) in [4.78, 5) is 4.08. The zero-order valence-corrected chi connectivity index (χ0v) is 13.3. The fourth-order valence-corrected chi connectivity index (χ4v) is 2.16. The van der Waals surface area contributed by atoms with Gasteiger partial charge in [-0.15, -0.1) is 0 Å². The molecule has 0 saturated carbocycles. The summed E-state index contributed by atoms with van der Waals surface area (Å²) >= 11 is 6.26. The first-order valence-electron chi connectivity index (χ1n) is 7.05. The maximum Gasteiger partial charge on any atom is 0.264 e. The first-order chi connectivity index (χ1) is 10.1. The molecule has 0 aliphatic heterocycles. The van der Waals surface area contributed by atoms with Gasteiger partial charge in [0.2, 0.25) is 0 Å². The van der Waals surface area contributed by atoms with Gasteiger partial charge in [0.05, 0.1) is 5.02 Å². The Bertz CT molecular complexity index is 586. The summed E-state index contributed by atoms with van der Waals surface area (Å²) in [6, 6.07) is 6.05. The van der Waals surface area contributed by atoms with Gasteiger partial charge in [0.25, 0.3) is 5.89 Å². The molecule has 0 aliphatic rings. The molecule has 0 aliphatic carbocycles. The van der Waals surface area contributed by atoms with Gasteiger partial charge < -0.3 is 14.6 Å². The molecule has 0 spiro atoms. The molecule has 1 atom stereocenters. The van der Waals surface area contributed by atoms with E-state index in [9.17, 15) is 0 Å². The second-order valence-electron chi connectivity index (χ2n) is 4.89. The Morgan fingerprint density at radius 1 is 1.43 bits per heavy atom. The zero-order valence-electron chi connectivity index (χ0n) is 12.5. The van der Waals surface area contributed by atoms with Gasteiger partial charge in [-0.3, -0.25) is 0 Å². The van der Waals surface area contributed by atoms with Crippen molar-refractivity contribution in [2.45, 2.75) is 39.8 Å². The lowest BCUT2D eigenvalue weighted by Gasteiger charge is -2.15. The summed E-state index contributed by atoms with van der Waals surface area (Å²) in [6.45, 7) is 7.21. The predicted octanol–water partition coefficient (Wildman–Crippen LogP) is 3.67. The van der Waals surface area contributed by atoms with Crippen LogP contribution in [0.3, 0.4) is 0 Å². The highest BCUT2D eigenvalue weighted by Crippen LogP contribution is 2.28. The number of nitrogens with zero attached hydrogens (tertiary/aromatic N) is 2. The third-order valence-electron chi connectivity index (χ3n) is 3.08. The van der Waals surface area contributed by atoms with Crippen molar-refractivity contribution in [2.24, 2.45) is 0 Å². The summed E-state index contributed by atoms with van der Waals surface area (Å²) < 4.78 is 10.6. The Morgan fingerprint density at radius 2 is 2.24 bits per heavy atom. The van der Waals surface area contributed by atoms with Crippen molar-refractivity contribution in [3.8, 4) is 5.75 Å². The number of ether oxygens (including phenoxy) is 1. The van der Waals surface area contributed by atoms with Crippen LogP contribution in [-0.2, 0) is 6.61 Å². The molecule has 1 aromatic carbocycles. The van der Waals surface area contributed by atoms with Gasteiger partial charge in [-0.25, -0.2) is 0 Å². The molecule has 0 amide bonds. The third kappa shape index (κ3) is 4.44. The van der Waals surface area contributed by atoms with Gasteiger partial charge in [0.15, 0.2) is 12.4 Å². The van der Waals surface area contributed by atoms with E-state index in [1.807, 2.05) is 18.2 Å². The molecule has 1 heterocycles. The SMILES string of the molecule is CCCNC(C)c1ccc(OCc2nc(C)no2)c(Cl)c1. The Kier molecular flexibility index (Phi) is 5.59. The highest BCUT2D eigenvalue weighted by molar-refractivity contribution is 6.32. The van der Waals surface area contributed by atoms with E-state index in [0.29, 0.717) is 22.5 Å². The lowest BCUT2D eigenvalue weighted by Crippen LogP contribution is -2.19. The monoisotopic (exact) mass is 309 g/mol. The molecule has 2 aromatic rings. The van der Waals surface area contributed by atoms with Gasteiger partial charge >= 0.3 is 0 Å². The average Bonchev–Trinajstić information content (AvgIpc) is 2.89. The Morgan fingerprint density at radius 3 is 2.86 bits per heavy atom. The summed E-state index contributed by atoms with van der Waals surface area (Å²) in [6.07, 6.45) is 1.10. The lowest BCUT2D eigenvalue weighted by molar-refractivity contribution is 0.242. The van der Waals surface area contributed by atoms with Crippen LogP contribution in [0.4, 0.5) is 0 Å². The molecule has 21 heavy (non-hydrogen) atoms. The van der Waals surface area contributed by atoms with Crippen molar-refractivity contribution in [1.29, 1.82) is 0 Å². The van der Waals surface area contributed by atoms with Crippen LogP contribution >= 0.6 is 11.6 Å². The second kappa shape index (κ2) is 7.43. The molecule has 0 bridgehead atoms. The van der Waals surface area contributed by atoms with E-state index < -0.39 is 0 Å². The van der Waals surface area contributed by atoms with Gasteiger partial charge in [-0.05, 0) is 44.5 Å². The predicted molar refractivity (Wildman–Crippen MR) is 81.5 cm³/mol. The quantitative estimate of drug-likeness (QED) is 0.845. The van der Waals surface area contributed by atoms with E-state index in [2.05, 4.69) is 29.3 Å². The van der Waals surface area contributed by atoms with Crippen LogP contribution in [0.5, 0.6) is 5.75 Å². The largest absolute Gasteiger partial charge is 0.482 e. The molecular formula is C15H20ClN3O2. The molecule has 1 aromatic heterocycles. The number of aryl methyl sites for hydroxylation is 1. The molecule has 1 N–H and O–H groups in total. The number of aromatic nitrogens is 2. The van der Waals surface area contributed by atoms with Crippen LogP contribution in [0, 0.1) is 6.92 Å². The van der Waals surface area contributed by atoms with Crippen LogP contribution in [0.15, 0.2) is 22.7 Å². The van der Waals surface area contributed by atoms with Crippen molar-refractivity contribution in [3.05, 3.63) is 40.5 Å². The van der Waals surface area contributed by atoms with Crippen LogP contribution in [0.2, 0.25) is 5.02 Å². The summed E-state index contributed by atoms with van der Waals surface area (Å²) in [5.74, 6) is 1.63. The molecule has 6 heteroatoms. The maximum absolute atomic E-state index is 6.26. The standard InChI is InChI=1S/C15H20ClN3O2/c1-4-7-17-10(2)12-5-6-14(13(16)8-12)20-9-15-18-11(3)19-21-15/h5-6,8,10,17H,4,7,9H2,1-3H3. The average molecular weight is 310 g/mol. The molecule has 5 nitrogen and oxygen atoms in total. The number of benzene rings is 1. The number of halogens is 1. The van der Waals surface area contributed by atoms with Gasteiger partial charge in [0.1, 0.15) is 5.75 Å². The summed E-state index contributed by atoms with van der Waals surface area (Å²) in [7, 11) is 0. The van der Waals surface area contributed by atoms with Gasteiger partial charge in [0, 0.05) is 6.04 Å². The lowest BCUT2D eigenvalue weighted by atomic mass is 10.1. The summed E-state index contributed by atoms with van der Waals surface area (Å²) in [5, 5.41) is 7.71. The fraction of sp³-hybridized carbons (Fsp3) is 0.467. The molecule has 2 rings (SSSR count). The van der Waals surface area contributed by atoms with E-state index >= 15 is 0 Å². The maximum atomic E-state index is 6.26. The minimum absolute atomic E-state index is 0.212. The Balaban J connectivity index is 1.98. The molecule has 0 saturated heterocycles. The van der Waals surface area contributed by atoms with E-state index in [-0.39, 0.29) is 12.6 Å². The van der Waals surface area contributed by atoms with Crippen molar-refractivity contribution in [2.75, 3.05) is 6.54 Å². The first-order valence-corrected chi connectivity index (χ1v) is 7.42. The van der Waals surface area contributed by atoms with E-state index in [4.69, 9.17) is 20.9 Å². The van der Waals surface area contributed by atoms with E-state index in [1.165, 1.54) is 0 Å². The first kappa shape index (κ1) is 15.8. The molecule has 114 valence electrons. The molecule has 0 radical (unpaired) electrons. The highest BCUT2D eigenvalue weighted by atomic mass is 35.5. The number of rotatable bonds is 7.